The van der Waals surface area contributed by atoms with Crippen LogP contribution < -0.4 is 5.32 Å². The van der Waals surface area contributed by atoms with Gasteiger partial charge in [-0.2, -0.15) is 13.2 Å². The van der Waals surface area contributed by atoms with E-state index in [4.69, 9.17) is 0 Å². The van der Waals surface area contributed by atoms with Crippen LogP contribution in [-0.4, -0.2) is 12.2 Å². The minimum atomic E-state index is -4.12. The Morgan fingerprint density at radius 1 is 1.21 bits per heavy atom. The summed E-state index contributed by atoms with van der Waals surface area (Å²) in [6, 6.07) is 5.13. The van der Waals surface area contributed by atoms with Crippen LogP contribution in [0, 0.1) is 12.8 Å². The van der Waals surface area contributed by atoms with E-state index in [0.717, 1.165) is 22.1 Å². The molecular weight excluding hydrogens is 319 g/mol. The number of alkyl halides is 3. The third kappa shape index (κ3) is 3.65. The van der Waals surface area contributed by atoms with E-state index in [2.05, 4.69) is 21.2 Å². The molecule has 1 aliphatic carbocycles. The minimum absolute atomic E-state index is 0.227. The molecule has 1 saturated carbocycles. The summed E-state index contributed by atoms with van der Waals surface area (Å²) in [7, 11) is 0. The zero-order valence-electron chi connectivity index (χ0n) is 10.7. The molecular formula is C14H17BrF3N. The van der Waals surface area contributed by atoms with Gasteiger partial charge in [-0.25, -0.2) is 0 Å². The van der Waals surface area contributed by atoms with Crippen LogP contribution in [0.5, 0.6) is 0 Å². The van der Waals surface area contributed by atoms with Crippen molar-refractivity contribution in [2.24, 2.45) is 5.92 Å². The van der Waals surface area contributed by atoms with E-state index in [9.17, 15) is 13.2 Å². The van der Waals surface area contributed by atoms with Crippen molar-refractivity contribution in [2.75, 3.05) is 5.32 Å². The van der Waals surface area contributed by atoms with Gasteiger partial charge in [0.1, 0.15) is 0 Å². The summed E-state index contributed by atoms with van der Waals surface area (Å²) in [6.07, 6.45) is -1.80. The van der Waals surface area contributed by atoms with Gasteiger partial charge in [0.15, 0.2) is 0 Å². The summed E-state index contributed by atoms with van der Waals surface area (Å²) >= 11 is 3.40. The van der Waals surface area contributed by atoms with Gasteiger partial charge in [0.2, 0.25) is 0 Å². The van der Waals surface area contributed by atoms with Crippen LogP contribution in [0.1, 0.15) is 31.2 Å². The number of nitrogens with one attached hydrogen (secondary N) is 1. The Bertz CT molecular complexity index is 445. The first-order chi connectivity index (χ1) is 8.88. The van der Waals surface area contributed by atoms with Crippen LogP contribution >= 0.6 is 15.9 Å². The van der Waals surface area contributed by atoms with Crippen molar-refractivity contribution in [2.45, 2.75) is 44.8 Å². The van der Waals surface area contributed by atoms with Crippen molar-refractivity contribution in [1.29, 1.82) is 0 Å². The first kappa shape index (κ1) is 14.7. The number of benzene rings is 1. The molecule has 0 aromatic heterocycles. The lowest BCUT2D eigenvalue weighted by atomic mass is 9.84. The normalized spacial score (nSPS) is 24.3. The van der Waals surface area contributed by atoms with E-state index >= 15 is 0 Å². The van der Waals surface area contributed by atoms with Gasteiger partial charge in [0, 0.05) is 16.2 Å². The molecule has 0 aliphatic heterocycles. The molecule has 1 fully saturated rings. The highest BCUT2D eigenvalue weighted by Gasteiger charge is 2.45. The summed E-state index contributed by atoms with van der Waals surface area (Å²) in [5, 5.41) is 3.07. The van der Waals surface area contributed by atoms with Crippen LogP contribution in [0.25, 0.3) is 0 Å². The largest absolute Gasteiger partial charge is 0.393 e. The lowest BCUT2D eigenvalue weighted by molar-refractivity contribution is -0.184. The molecule has 1 nitrogen and oxygen atoms in total. The van der Waals surface area contributed by atoms with Gasteiger partial charge >= 0.3 is 6.18 Å². The summed E-state index contributed by atoms with van der Waals surface area (Å²) in [4.78, 5) is 0. The number of rotatable bonds is 2. The molecule has 0 spiro atoms. The average molecular weight is 336 g/mol. The maximum absolute atomic E-state index is 13.0. The predicted octanol–water partition coefficient (Wildman–Crippen LogP) is 5.29. The molecule has 2 atom stereocenters. The summed E-state index contributed by atoms with van der Waals surface area (Å²) in [6.45, 7) is 1.95. The van der Waals surface area contributed by atoms with E-state index in [-0.39, 0.29) is 6.42 Å². The SMILES string of the molecule is Cc1ccc(NC2CCCCC2C(F)(F)F)c(Br)c1. The molecule has 5 heteroatoms. The molecule has 2 rings (SSSR count). The zero-order valence-corrected chi connectivity index (χ0v) is 12.3. The number of aryl methyl sites for hydroxylation is 1. The monoisotopic (exact) mass is 335 g/mol. The fourth-order valence-corrected chi connectivity index (χ4v) is 3.24. The Morgan fingerprint density at radius 2 is 1.89 bits per heavy atom. The van der Waals surface area contributed by atoms with Gasteiger partial charge in [0.05, 0.1) is 5.92 Å². The predicted molar refractivity (Wildman–Crippen MR) is 74.3 cm³/mol. The third-order valence-corrected chi connectivity index (χ3v) is 4.31. The number of hydrogen-bond donors (Lipinski definition) is 1. The Morgan fingerprint density at radius 3 is 2.53 bits per heavy atom. The van der Waals surface area contributed by atoms with Gasteiger partial charge in [-0.05, 0) is 53.4 Å². The molecule has 19 heavy (non-hydrogen) atoms. The van der Waals surface area contributed by atoms with E-state index in [1.807, 2.05) is 25.1 Å². The van der Waals surface area contributed by atoms with Gasteiger partial charge in [-0.1, -0.05) is 18.9 Å². The number of halogens is 4. The van der Waals surface area contributed by atoms with Gasteiger partial charge in [0.25, 0.3) is 0 Å². The lowest BCUT2D eigenvalue weighted by Gasteiger charge is -2.34. The molecule has 0 amide bonds. The van der Waals surface area contributed by atoms with Crippen LogP contribution in [0.4, 0.5) is 18.9 Å². The van der Waals surface area contributed by atoms with Crippen molar-refractivity contribution in [3.8, 4) is 0 Å². The first-order valence-corrected chi connectivity index (χ1v) is 7.26. The van der Waals surface area contributed by atoms with Gasteiger partial charge in [-0.3, -0.25) is 0 Å². The van der Waals surface area contributed by atoms with Crippen molar-refractivity contribution in [3.05, 3.63) is 28.2 Å². The molecule has 0 heterocycles. The van der Waals surface area contributed by atoms with Crippen molar-refractivity contribution < 1.29 is 13.2 Å². The Balaban J connectivity index is 2.15. The second-order valence-corrected chi connectivity index (χ2v) is 6.02. The van der Waals surface area contributed by atoms with Crippen LogP contribution in [0.2, 0.25) is 0 Å². The van der Waals surface area contributed by atoms with Crippen molar-refractivity contribution in [3.63, 3.8) is 0 Å². The van der Waals surface area contributed by atoms with Crippen LogP contribution in [-0.2, 0) is 0 Å². The van der Waals surface area contributed by atoms with E-state index in [1.54, 1.807) is 0 Å². The topological polar surface area (TPSA) is 12.0 Å². The zero-order chi connectivity index (χ0) is 14.0. The highest BCUT2D eigenvalue weighted by Crippen LogP contribution is 2.39. The van der Waals surface area contributed by atoms with Crippen LogP contribution in [0.15, 0.2) is 22.7 Å². The summed E-state index contributed by atoms with van der Waals surface area (Å²) in [5.74, 6) is -1.24. The van der Waals surface area contributed by atoms with Crippen molar-refractivity contribution >= 4 is 21.6 Å². The number of hydrogen-bond acceptors (Lipinski definition) is 1. The smallest absolute Gasteiger partial charge is 0.381 e. The highest BCUT2D eigenvalue weighted by molar-refractivity contribution is 9.10. The highest BCUT2D eigenvalue weighted by atomic mass is 79.9. The first-order valence-electron chi connectivity index (χ1n) is 6.47. The average Bonchev–Trinajstić information content (AvgIpc) is 2.32. The quantitative estimate of drug-likeness (QED) is 0.774. The van der Waals surface area contributed by atoms with Crippen LogP contribution in [0.3, 0.4) is 0 Å². The van der Waals surface area contributed by atoms with E-state index in [0.29, 0.717) is 12.8 Å². The molecule has 0 saturated heterocycles. The molecule has 2 unspecified atom stereocenters. The Hall–Kier alpha value is -0.710. The molecule has 0 radical (unpaired) electrons. The minimum Gasteiger partial charge on any atom is -0.381 e. The third-order valence-electron chi connectivity index (χ3n) is 3.65. The second-order valence-electron chi connectivity index (χ2n) is 5.17. The van der Waals surface area contributed by atoms with E-state index < -0.39 is 18.1 Å². The number of anilines is 1. The molecule has 1 aromatic rings. The molecule has 0 bridgehead atoms. The fraction of sp³-hybridized carbons (Fsp3) is 0.571. The van der Waals surface area contributed by atoms with E-state index in [1.165, 1.54) is 0 Å². The standard InChI is InChI=1S/C14H17BrF3N/c1-9-6-7-13(11(15)8-9)19-12-5-3-2-4-10(12)14(16,17)18/h6-8,10,12,19H,2-5H2,1H3. The molecule has 1 N–H and O–H groups in total. The molecule has 106 valence electrons. The Kier molecular flexibility index (Phi) is 4.43. The van der Waals surface area contributed by atoms with Gasteiger partial charge < -0.3 is 5.32 Å². The second kappa shape index (κ2) is 5.73. The molecule has 1 aliphatic rings. The fourth-order valence-electron chi connectivity index (χ4n) is 2.63. The Labute approximate surface area is 119 Å². The van der Waals surface area contributed by atoms with Gasteiger partial charge in [-0.15, -0.1) is 0 Å². The lowest BCUT2D eigenvalue weighted by Crippen LogP contribution is -2.41. The maximum atomic E-state index is 13.0. The molecule has 1 aromatic carbocycles. The summed E-state index contributed by atoms with van der Waals surface area (Å²) in [5.41, 5.74) is 1.82. The van der Waals surface area contributed by atoms with Crippen molar-refractivity contribution in [1.82, 2.24) is 0 Å². The summed E-state index contributed by atoms with van der Waals surface area (Å²) < 4.78 is 39.8. The maximum Gasteiger partial charge on any atom is 0.393 e.